The molecule has 0 spiro atoms. The van der Waals surface area contributed by atoms with E-state index in [0.717, 1.165) is 11.1 Å². The zero-order valence-corrected chi connectivity index (χ0v) is 11.5. The number of hydrogen-bond acceptors (Lipinski definition) is 1. The van der Waals surface area contributed by atoms with E-state index in [1.54, 1.807) is 0 Å². The molecule has 0 aliphatic carbocycles. The lowest BCUT2D eigenvalue weighted by molar-refractivity contribution is 0.101. The first-order valence-electron chi connectivity index (χ1n) is 6.29. The predicted octanol–water partition coefficient (Wildman–Crippen LogP) is 3.87. The zero-order chi connectivity index (χ0) is 13.3. The van der Waals surface area contributed by atoms with Crippen LogP contribution in [0.1, 0.15) is 34.7 Å². The summed E-state index contributed by atoms with van der Waals surface area (Å²) in [5, 5.41) is 10.9. The van der Waals surface area contributed by atoms with Crippen LogP contribution in [0.2, 0.25) is 0 Å². The summed E-state index contributed by atoms with van der Waals surface area (Å²) in [5.41, 5.74) is 4.66. The maximum Gasteiger partial charge on any atom is 0.112 e. The van der Waals surface area contributed by atoms with Crippen LogP contribution >= 0.6 is 0 Å². The van der Waals surface area contributed by atoms with E-state index < -0.39 is 5.60 Å². The van der Waals surface area contributed by atoms with Crippen molar-refractivity contribution in [3.05, 3.63) is 70.3 Å². The van der Waals surface area contributed by atoms with Crippen LogP contribution in [0, 0.1) is 20.8 Å². The molecule has 2 aromatic carbocycles. The highest BCUT2D eigenvalue weighted by atomic mass is 16.3. The van der Waals surface area contributed by atoms with Crippen molar-refractivity contribution in [1.29, 1.82) is 0 Å². The smallest absolute Gasteiger partial charge is 0.112 e. The molecule has 0 fully saturated rings. The summed E-state index contributed by atoms with van der Waals surface area (Å²) in [4.78, 5) is 0. The van der Waals surface area contributed by atoms with E-state index in [-0.39, 0.29) is 0 Å². The summed E-state index contributed by atoms with van der Waals surface area (Å²) in [6.07, 6.45) is 0. The first-order chi connectivity index (χ1) is 8.44. The topological polar surface area (TPSA) is 20.2 Å². The van der Waals surface area contributed by atoms with E-state index >= 15 is 0 Å². The molecule has 1 atom stereocenters. The van der Waals surface area contributed by atoms with Crippen molar-refractivity contribution >= 4 is 0 Å². The fraction of sp³-hybridized carbons (Fsp3) is 0.294. The lowest BCUT2D eigenvalue weighted by atomic mass is 9.83. The molecule has 0 saturated carbocycles. The van der Waals surface area contributed by atoms with Gasteiger partial charge in [0.25, 0.3) is 0 Å². The van der Waals surface area contributed by atoms with Crippen LogP contribution < -0.4 is 0 Å². The summed E-state index contributed by atoms with van der Waals surface area (Å²) < 4.78 is 0. The molecule has 0 saturated heterocycles. The lowest BCUT2D eigenvalue weighted by Crippen LogP contribution is -2.24. The minimum atomic E-state index is -0.941. The maximum absolute atomic E-state index is 10.9. The minimum absolute atomic E-state index is 0.927. The Hall–Kier alpha value is -1.60. The zero-order valence-electron chi connectivity index (χ0n) is 11.5. The fourth-order valence-corrected chi connectivity index (χ4v) is 2.40. The molecule has 18 heavy (non-hydrogen) atoms. The third-order valence-electron chi connectivity index (χ3n) is 3.92. The van der Waals surface area contributed by atoms with Gasteiger partial charge in [-0.15, -0.1) is 0 Å². The molecule has 2 rings (SSSR count). The molecule has 1 heteroatoms. The van der Waals surface area contributed by atoms with Crippen LogP contribution in [-0.2, 0) is 5.60 Å². The average Bonchev–Trinajstić information content (AvgIpc) is 2.37. The van der Waals surface area contributed by atoms with E-state index in [1.807, 2.05) is 43.3 Å². The molecule has 0 heterocycles. The molecule has 0 bridgehead atoms. The van der Waals surface area contributed by atoms with Gasteiger partial charge >= 0.3 is 0 Å². The van der Waals surface area contributed by atoms with E-state index in [1.165, 1.54) is 16.7 Å². The summed E-state index contributed by atoms with van der Waals surface area (Å²) >= 11 is 0. The molecule has 1 nitrogen and oxygen atoms in total. The van der Waals surface area contributed by atoms with Crippen LogP contribution in [0.15, 0.2) is 42.5 Å². The van der Waals surface area contributed by atoms with Crippen LogP contribution in [0.3, 0.4) is 0 Å². The Balaban J connectivity index is 2.58. The van der Waals surface area contributed by atoms with Crippen LogP contribution in [0.5, 0.6) is 0 Å². The highest BCUT2D eigenvalue weighted by Crippen LogP contribution is 2.33. The van der Waals surface area contributed by atoms with Crippen molar-refractivity contribution in [1.82, 2.24) is 0 Å². The van der Waals surface area contributed by atoms with Crippen molar-refractivity contribution in [3.63, 3.8) is 0 Å². The lowest BCUT2D eigenvalue weighted by Gasteiger charge is -2.27. The highest BCUT2D eigenvalue weighted by Gasteiger charge is 2.27. The van der Waals surface area contributed by atoms with Gasteiger partial charge in [0.2, 0.25) is 0 Å². The Morgan fingerprint density at radius 1 is 0.833 bits per heavy atom. The molecule has 0 amide bonds. The van der Waals surface area contributed by atoms with Gasteiger partial charge in [0.05, 0.1) is 0 Å². The predicted molar refractivity (Wildman–Crippen MR) is 75.8 cm³/mol. The second kappa shape index (κ2) is 4.58. The summed E-state index contributed by atoms with van der Waals surface area (Å²) in [7, 11) is 0. The second-order valence-electron chi connectivity index (χ2n) is 5.12. The monoisotopic (exact) mass is 240 g/mol. The first kappa shape index (κ1) is 12.8. The Bertz CT molecular complexity index is 553. The Morgan fingerprint density at radius 3 is 2.06 bits per heavy atom. The van der Waals surface area contributed by atoms with Crippen molar-refractivity contribution in [2.45, 2.75) is 33.3 Å². The van der Waals surface area contributed by atoms with Crippen molar-refractivity contribution in [2.24, 2.45) is 0 Å². The van der Waals surface area contributed by atoms with Gasteiger partial charge in [0.1, 0.15) is 5.60 Å². The quantitative estimate of drug-likeness (QED) is 0.845. The Kier molecular flexibility index (Phi) is 3.27. The number of aliphatic hydroxyl groups is 1. The summed E-state index contributed by atoms with van der Waals surface area (Å²) in [5.74, 6) is 0. The molecule has 0 radical (unpaired) electrons. The van der Waals surface area contributed by atoms with Crippen molar-refractivity contribution in [2.75, 3.05) is 0 Å². The van der Waals surface area contributed by atoms with Crippen molar-refractivity contribution in [3.8, 4) is 0 Å². The fourth-order valence-electron chi connectivity index (χ4n) is 2.40. The number of benzene rings is 2. The molecule has 94 valence electrons. The molecule has 0 aromatic heterocycles. The summed E-state index contributed by atoms with van der Waals surface area (Å²) in [6.45, 7) is 8.15. The molecule has 1 N–H and O–H groups in total. The van der Waals surface area contributed by atoms with Crippen LogP contribution in [-0.4, -0.2) is 5.11 Å². The second-order valence-corrected chi connectivity index (χ2v) is 5.12. The van der Waals surface area contributed by atoms with Gasteiger partial charge in [-0.2, -0.15) is 0 Å². The van der Waals surface area contributed by atoms with Gasteiger partial charge in [-0.05, 0) is 55.5 Å². The summed E-state index contributed by atoms with van der Waals surface area (Å²) in [6, 6.07) is 13.9. The minimum Gasteiger partial charge on any atom is -0.381 e. The molecular weight excluding hydrogens is 220 g/mol. The molecule has 0 aliphatic rings. The Labute approximate surface area is 109 Å². The third kappa shape index (κ3) is 2.06. The van der Waals surface area contributed by atoms with Gasteiger partial charge in [-0.3, -0.25) is 0 Å². The van der Waals surface area contributed by atoms with Gasteiger partial charge in [0, 0.05) is 0 Å². The Morgan fingerprint density at radius 2 is 1.44 bits per heavy atom. The SMILES string of the molecule is Cc1ccc(C(C)(O)c2ccccc2)c(C)c1C. The molecule has 2 aromatic rings. The average molecular weight is 240 g/mol. The third-order valence-corrected chi connectivity index (χ3v) is 3.92. The van der Waals surface area contributed by atoms with Crippen LogP contribution in [0.4, 0.5) is 0 Å². The normalized spacial score (nSPS) is 14.3. The van der Waals surface area contributed by atoms with E-state index in [2.05, 4.69) is 26.8 Å². The number of aryl methyl sites for hydroxylation is 1. The maximum atomic E-state index is 10.9. The van der Waals surface area contributed by atoms with E-state index in [4.69, 9.17) is 0 Å². The van der Waals surface area contributed by atoms with Gasteiger partial charge in [-0.25, -0.2) is 0 Å². The van der Waals surface area contributed by atoms with Gasteiger partial charge < -0.3 is 5.11 Å². The van der Waals surface area contributed by atoms with E-state index in [9.17, 15) is 5.11 Å². The van der Waals surface area contributed by atoms with Crippen molar-refractivity contribution < 1.29 is 5.11 Å². The molecular formula is C17H20O. The molecule has 1 unspecified atom stereocenters. The van der Waals surface area contributed by atoms with Gasteiger partial charge in [-0.1, -0.05) is 42.5 Å². The molecule has 0 aliphatic heterocycles. The number of hydrogen-bond donors (Lipinski definition) is 1. The first-order valence-corrected chi connectivity index (χ1v) is 6.29. The van der Waals surface area contributed by atoms with E-state index in [0.29, 0.717) is 0 Å². The highest BCUT2D eigenvalue weighted by molar-refractivity contribution is 5.45. The largest absolute Gasteiger partial charge is 0.381 e. The standard InChI is InChI=1S/C17H20O/c1-12-10-11-16(14(3)13(12)2)17(4,18)15-8-6-5-7-9-15/h5-11,18H,1-4H3. The number of rotatable bonds is 2. The van der Waals surface area contributed by atoms with Gasteiger partial charge in [0.15, 0.2) is 0 Å². The van der Waals surface area contributed by atoms with Crippen LogP contribution in [0.25, 0.3) is 0 Å².